The van der Waals surface area contributed by atoms with Crippen molar-refractivity contribution in [2.45, 2.75) is 6.92 Å². The van der Waals surface area contributed by atoms with Crippen molar-refractivity contribution >= 4 is 49.2 Å². The molecule has 0 aliphatic heterocycles. The summed E-state index contributed by atoms with van der Waals surface area (Å²) in [5.41, 5.74) is 11.6. The number of aromatic nitrogens is 2. The highest BCUT2D eigenvalue weighted by molar-refractivity contribution is 6.11. The molecule has 6 aromatic carbocycles. The average molecular weight is 577 g/mol. The van der Waals surface area contributed by atoms with Crippen LogP contribution in [-0.2, 0) is 0 Å². The molecule has 0 radical (unpaired) electrons. The van der Waals surface area contributed by atoms with Crippen LogP contribution in [0.15, 0.2) is 170 Å². The SMILES string of the molecule is C=C(/C=C\C=C/C)c1ccc2c(c1)c1ccccc1n2-c1cccc(-n2c3ccccc3c3cc(-c4ccccc4)ccc32)c1. The minimum Gasteiger partial charge on any atom is -0.309 e. The van der Waals surface area contributed by atoms with E-state index in [1.807, 2.05) is 25.2 Å². The normalized spacial score (nSPS) is 12.0. The molecule has 2 aromatic heterocycles. The van der Waals surface area contributed by atoms with Crippen LogP contribution in [0.4, 0.5) is 0 Å². The predicted octanol–water partition coefficient (Wildman–Crippen LogP) is 11.7. The lowest BCUT2D eigenvalue weighted by molar-refractivity contribution is 1.13. The van der Waals surface area contributed by atoms with E-state index in [1.54, 1.807) is 0 Å². The molecule has 2 heteroatoms. The summed E-state index contributed by atoms with van der Waals surface area (Å²) in [6.07, 6.45) is 8.16. The van der Waals surface area contributed by atoms with Crippen LogP contribution in [0.25, 0.3) is 71.7 Å². The van der Waals surface area contributed by atoms with E-state index in [0.717, 1.165) is 22.5 Å². The Morgan fingerprint density at radius 3 is 1.73 bits per heavy atom. The molecule has 8 rings (SSSR count). The number of hydrogen-bond acceptors (Lipinski definition) is 0. The van der Waals surface area contributed by atoms with Gasteiger partial charge in [0.25, 0.3) is 0 Å². The third-order valence-electron chi connectivity index (χ3n) is 8.77. The first-order chi connectivity index (χ1) is 22.2. The fourth-order valence-electron chi connectivity index (χ4n) is 6.66. The molecule has 214 valence electrons. The monoisotopic (exact) mass is 576 g/mol. The van der Waals surface area contributed by atoms with Gasteiger partial charge in [-0.1, -0.05) is 116 Å². The number of fused-ring (bicyclic) bond motifs is 6. The molecule has 45 heavy (non-hydrogen) atoms. The minimum atomic E-state index is 0.996. The highest BCUT2D eigenvalue weighted by Crippen LogP contribution is 2.37. The molecule has 8 aromatic rings. The van der Waals surface area contributed by atoms with Gasteiger partial charge < -0.3 is 9.13 Å². The second-order valence-electron chi connectivity index (χ2n) is 11.5. The highest BCUT2D eigenvalue weighted by Gasteiger charge is 2.16. The largest absolute Gasteiger partial charge is 0.309 e. The lowest BCUT2D eigenvalue weighted by Crippen LogP contribution is -1.98. The van der Waals surface area contributed by atoms with E-state index in [1.165, 1.54) is 54.7 Å². The molecule has 0 bridgehead atoms. The molecule has 0 saturated carbocycles. The van der Waals surface area contributed by atoms with Gasteiger partial charge in [0.2, 0.25) is 0 Å². The van der Waals surface area contributed by atoms with Crippen molar-refractivity contribution in [2.24, 2.45) is 0 Å². The quantitative estimate of drug-likeness (QED) is 0.174. The highest BCUT2D eigenvalue weighted by atomic mass is 15.0. The number of nitrogens with zero attached hydrogens (tertiary/aromatic N) is 2. The van der Waals surface area contributed by atoms with Gasteiger partial charge in [0.05, 0.1) is 22.1 Å². The summed E-state index contributed by atoms with van der Waals surface area (Å²) in [6.45, 7) is 6.35. The third-order valence-corrected chi connectivity index (χ3v) is 8.77. The van der Waals surface area contributed by atoms with Gasteiger partial charge in [-0.05, 0) is 83.8 Å². The Labute approximate surface area is 263 Å². The number of para-hydroxylation sites is 2. The number of rotatable bonds is 6. The van der Waals surface area contributed by atoms with Crippen LogP contribution in [0.1, 0.15) is 12.5 Å². The van der Waals surface area contributed by atoms with Crippen LogP contribution in [-0.4, -0.2) is 9.13 Å². The Kier molecular flexibility index (Phi) is 6.54. The summed E-state index contributed by atoms with van der Waals surface area (Å²) in [5.74, 6) is 0. The first-order valence-electron chi connectivity index (χ1n) is 15.4. The zero-order valence-electron chi connectivity index (χ0n) is 25.2. The van der Waals surface area contributed by atoms with Crippen molar-refractivity contribution in [1.29, 1.82) is 0 Å². The molecule has 0 fully saturated rings. The maximum absolute atomic E-state index is 4.33. The fourth-order valence-corrected chi connectivity index (χ4v) is 6.66. The molecule has 0 N–H and O–H groups in total. The van der Waals surface area contributed by atoms with Crippen molar-refractivity contribution in [1.82, 2.24) is 9.13 Å². The van der Waals surface area contributed by atoms with Crippen LogP contribution in [0.5, 0.6) is 0 Å². The molecule has 0 aliphatic rings. The molecule has 0 amide bonds. The zero-order chi connectivity index (χ0) is 30.3. The van der Waals surface area contributed by atoms with Crippen molar-refractivity contribution in [2.75, 3.05) is 0 Å². The van der Waals surface area contributed by atoms with Gasteiger partial charge in [-0.2, -0.15) is 0 Å². The molecular formula is C43H32N2. The molecular weight excluding hydrogens is 544 g/mol. The predicted molar refractivity (Wildman–Crippen MR) is 194 cm³/mol. The Morgan fingerprint density at radius 1 is 0.489 bits per heavy atom. The van der Waals surface area contributed by atoms with Gasteiger partial charge in [-0.15, -0.1) is 0 Å². The van der Waals surface area contributed by atoms with Crippen LogP contribution in [0.3, 0.4) is 0 Å². The minimum absolute atomic E-state index is 0.996. The topological polar surface area (TPSA) is 9.86 Å². The Morgan fingerprint density at radius 2 is 1.07 bits per heavy atom. The zero-order valence-corrected chi connectivity index (χ0v) is 25.2. The lowest BCUT2D eigenvalue weighted by Gasteiger charge is -2.13. The standard InChI is InChI=1S/C43H32N2/c1-3-4-6-14-30(2)32-23-25-42-38(27-32)36-19-9-11-21-40(36)44(42)34-17-13-18-35(29-34)45-41-22-12-10-20-37(41)39-28-33(24-26-43(39)45)31-15-7-5-8-16-31/h3-29H,2H2,1H3/b4-3-,14-6-. The second kappa shape index (κ2) is 11.0. The summed E-state index contributed by atoms with van der Waals surface area (Å²) in [7, 11) is 0. The van der Waals surface area contributed by atoms with Crippen molar-refractivity contribution in [3.8, 4) is 22.5 Å². The Bertz CT molecular complexity index is 2450. The van der Waals surface area contributed by atoms with E-state index in [-0.39, 0.29) is 0 Å². The first-order valence-corrected chi connectivity index (χ1v) is 15.4. The summed E-state index contributed by atoms with van der Waals surface area (Å²) in [5, 5.41) is 4.96. The van der Waals surface area contributed by atoms with Gasteiger partial charge in [0.1, 0.15) is 0 Å². The second-order valence-corrected chi connectivity index (χ2v) is 11.5. The molecule has 2 nitrogen and oxygen atoms in total. The van der Waals surface area contributed by atoms with Crippen molar-refractivity contribution in [3.05, 3.63) is 176 Å². The van der Waals surface area contributed by atoms with Gasteiger partial charge in [0.15, 0.2) is 0 Å². The third kappa shape index (κ3) is 4.51. The molecule has 0 atom stereocenters. The van der Waals surface area contributed by atoms with Gasteiger partial charge >= 0.3 is 0 Å². The van der Waals surface area contributed by atoms with E-state index >= 15 is 0 Å². The van der Waals surface area contributed by atoms with E-state index in [0.29, 0.717) is 0 Å². The average Bonchev–Trinajstić information content (AvgIpc) is 3.61. The fraction of sp³-hybridized carbons (Fsp3) is 0.0233. The van der Waals surface area contributed by atoms with Crippen molar-refractivity contribution < 1.29 is 0 Å². The van der Waals surface area contributed by atoms with Crippen LogP contribution in [0.2, 0.25) is 0 Å². The summed E-state index contributed by atoms with van der Waals surface area (Å²) in [6, 6.07) is 50.5. The maximum Gasteiger partial charge on any atom is 0.0541 e. The number of benzene rings is 6. The van der Waals surface area contributed by atoms with Gasteiger partial charge in [-0.3, -0.25) is 0 Å². The van der Waals surface area contributed by atoms with Crippen LogP contribution in [0, 0.1) is 0 Å². The maximum atomic E-state index is 4.33. The smallest absolute Gasteiger partial charge is 0.0541 e. The van der Waals surface area contributed by atoms with Crippen LogP contribution < -0.4 is 0 Å². The molecule has 0 unspecified atom stereocenters. The van der Waals surface area contributed by atoms with E-state index in [2.05, 4.69) is 161 Å². The molecule has 0 spiro atoms. The Hall–Kier alpha value is -5.86. The van der Waals surface area contributed by atoms with E-state index in [4.69, 9.17) is 0 Å². The number of hydrogen-bond donors (Lipinski definition) is 0. The Balaban J connectivity index is 1.31. The van der Waals surface area contributed by atoms with Crippen LogP contribution >= 0.6 is 0 Å². The van der Waals surface area contributed by atoms with Crippen molar-refractivity contribution in [3.63, 3.8) is 0 Å². The molecule has 0 aliphatic carbocycles. The van der Waals surface area contributed by atoms with Gasteiger partial charge in [-0.25, -0.2) is 0 Å². The first kappa shape index (κ1) is 26.7. The lowest BCUT2D eigenvalue weighted by atomic mass is 10.0. The summed E-state index contributed by atoms with van der Waals surface area (Å²) < 4.78 is 4.79. The molecule has 0 saturated heterocycles. The van der Waals surface area contributed by atoms with E-state index in [9.17, 15) is 0 Å². The number of allylic oxidation sites excluding steroid dienone is 5. The molecule has 2 heterocycles. The van der Waals surface area contributed by atoms with E-state index < -0.39 is 0 Å². The summed E-state index contributed by atoms with van der Waals surface area (Å²) in [4.78, 5) is 0. The summed E-state index contributed by atoms with van der Waals surface area (Å²) >= 11 is 0. The van der Waals surface area contributed by atoms with Gasteiger partial charge in [0, 0.05) is 32.9 Å².